The molecule has 0 aliphatic carbocycles. The summed E-state index contributed by atoms with van der Waals surface area (Å²) in [6.45, 7) is 5.20. The molecular formula is C17H19ClN3O2PS. The molecule has 2 aromatic rings. The summed E-state index contributed by atoms with van der Waals surface area (Å²) in [6, 6.07) is 7.27. The number of anilines is 2. The number of hydrogen-bond acceptors (Lipinski definition) is 4. The molecule has 132 valence electrons. The van der Waals surface area contributed by atoms with Crippen molar-refractivity contribution in [1.82, 2.24) is 4.98 Å². The van der Waals surface area contributed by atoms with E-state index < -0.39 is 10.0 Å². The Balaban J connectivity index is 2.54. The van der Waals surface area contributed by atoms with Gasteiger partial charge in [-0.15, -0.1) is 9.24 Å². The van der Waals surface area contributed by atoms with Gasteiger partial charge >= 0.3 is 0 Å². The van der Waals surface area contributed by atoms with Gasteiger partial charge in [-0.3, -0.25) is 9.71 Å². The van der Waals surface area contributed by atoms with Crippen LogP contribution in [0.4, 0.5) is 11.4 Å². The molecule has 1 aromatic heterocycles. The molecule has 0 fully saturated rings. The molecule has 0 aliphatic rings. The minimum atomic E-state index is -3.83. The first kappa shape index (κ1) is 19.4. The van der Waals surface area contributed by atoms with Crippen molar-refractivity contribution >= 4 is 53.1 Å². The van der Waals surface area contributed by atoms with E-state index in [1.165, 1.54) is 12.2 Å². The van der Waals surface area contributed by atoms with Crippen LogP contribution in [0.3, 0.4) is 0 Å². The molecule has 2 N–H and O–H groups in total. The predicted molar refractivity (Wildman–Crippen MR) is 110 cm³/mol. The Bertz CT molecular complexity index is 985. The van der Waals surface area contributed by atoms with E-state index >= 15 is 0 Å². The number of rotatable bonds is 6. The maximum atomic E-state index is 12.8. The SMILES string of the molecule is C=C(Cl)/C=C(P)\C(=C/C)S(=O)(=O)Nc1cc(NC)cc2cccnc12. The molecule has 1 unspecified atom stereocenters. The molecular weight excluding hydrogens is 377 g/mol. The number of allylic oxidation sites excluding steroid dienone is 4. The number of nitrogens with one attached hydrogen (secondary N) is 2. The van der Waals surface area contributed by atoms with Gasteiger partial charge in [-0.25, -0.2) is 8.42 Å². The van der Waals surface area contributed by atoms with Crippen molar-refractivity contribution in [3.05, 3.63) is 64.4 Å². The first-order valence-electron chi connectivity index (χ1n) is 7.36. The quantitative estimate of drug-likeness (QED) is 0.560. The third-order valence-corrected chi connectivity index (χ3v) is 5.72. The molecule has 2 rings (SSSR count). The van der Waals surface area contributed by atoms with Gasteiger partial charge in [0.2, 0.25) is 0 Å². The lowest BCUT2D eigenvalue weighted by atomic mass is 10.1. The number of hydrogen-bond donors (Lipinski definition) is 2. The second-order valence-corrected chi connectivity index (χ2v) is 7.91. The van der Waals surface area contributed by atoms with Gasteiger partial charge in [0, 0.05) is 29.4 Å². The van der Waals surface area contributed by atoms with E-state index in [-0.39, 0.29) is 9.94 Å². The minimum absolute atomic E-state index is 0.0956. The highest BCUT2D eigenvalue weighted by atomic mass is 35.5. The summed E-state index contributed by atoms with van der Waals surface area (Å²) in [5.41, 5.74) is 1.73. The van der Waals surface area contributed by atoms with Crippen molar-refractivity contribution in [3.63, 3.8) is 0 Å². The van der Waals surface area contributed by atoms with Gasteiger partial charge in [-0.1, -0.05) is 30.3 Å². The number of fused-ring (bicyclic) bond motifs is 1. The number of pyridine rings is 1. The van der Waals surface area contributed by atoms with Crippen molar-refractivity contribution < 1.29 is 8.42 Å². The van der Waals surface area contributed by atoms with Crippen molar-refractivity contribution in [2.75, 3.05) is 17.1 Å². The number of aromatic nitrogens is 1. The van der Waals surface area contributed by atoms with Gasteiger partial charge in [-0.05, 0) is 36.5 Å². The molecule has 25 heavy (non-hydrogen) atoms. The van der Waals surface area contributed by atoms with Crippen LogP contribution in [0.2, 0.25) is 0 Å². The van der Waals surface area contributed by atoms with E-state index in [1.54, 1.807) is 32.3 Å². The molecule has 0 spiro atoms. The number of sulfonamides is 1. The number of benzene rings is 1. The Kier molecular flexibility index (Phi) is 6.22. The third-order valence-electron chi connectivity index (χ3n) is 3.39. The normalized spacial score (nSPS) is 13.0. The summed E-state index contributed by atoms with van der Waals surface area (Å²) in [6.07, 6.45) is 4.59. The zero-order valence-electron chi connectivity index (χ0n) is 13.9. The molecule has 0 aliphatic heterocycles. The van der Waals surface area contributed by atoms with Gasteiger partial charge in [0.1, 0.15) is 0 Å². The molecule has 0 saturated carbocycles. The van der Waals surface area contributed by atoms with Crippen LogP contribution in [-0.4, -0.2) is 20.4 Å². The first-order valence-corrected chi connectivity index (χ1v) is 9.80. The lowest BCUT2D eigenvalue weighted by Gasteiger charge is -2.14. The standard InChI is InChI=1S/C17H19ClN3O2PS/c1-4-16(15(24)8-11(2)18)25(22,23)21-14-10-13(19-3)9-12-6-5-7-20-17(12)14/h4-10,19,21H,2,24H2,1,3H3/b15-8+,16-4+. The van der Waals surface area contributed by atoms with Crippen molar-refractivity contribution in [2.24, 2.45) is 0 Å². The van der Waals surface area contributed by atoms with Gasteiger partial charge < -0.3 is 5.32 Å². The van der Waals surface area contributed by atoms with E-state index in [1.807, 2.05) is 12.1 Å². The molecule has 8 heteroatoms. The largest absolute Gasteiger partial charge is 0.388 e. The second kappa shape index (κ2) is 8.00. The molecule has 1 atom stereocenters. The zero-order valence-corrected chi connectivity index (χ0v) is 16.6. The van der Waals surface area contributed by atoms with Gasteiger partial charge in [0.15, 0.2) is 0 Å². The van der Waals surface area contributed by atoms with Crippen LogP contribution < -0.4 is 10.0 Å². The average molecular weight is 396 g/mol. The van der Waals surface area contributed by atoms with Crippen LogP contribution in [0.25, 0.3) is 10.9 Å². The maximum absolute atomic E-state index is 12.8. The monoisotopic (exact) mass is 395 g/mol. The van der Waals surface area contributed by atoms with E-state index in [0.29, 0.717) is 16.5 Å². The van der Waals surface area contributed by atoms with E-state index in [2.05, 4.69) is 30.8 Å². The minimum Gasteiger partial charge on any atom is -0.388 e. The Morgan fingerprint density at radius 1 is 1.40 bits per heavy atom. The molecule has 5 nitrogen and oxygen atoms in total. The Morgan fingerprint density at radius 3 is 2.72 bits per heavy atom. The Morgan fingerprint density at radius 2 is 2.12 bits per heavy atom. The average Bonchev–Trinajstić information content (AvgIpc) is 2.53. The van der Waals surface area contributed by atoms with Crippen LogP contribution in [0.1, 0.15) is 6.92 Å². The highest BCUT2D eigenvalue weighted by Gasteiger charge is 2.20. The van der Waals surface area contributed by atoms with Crippen molar-refractivity contribution in [2.45, 2.75) is 6.92 Å². The molecule has 0 saturated heterocycles. The zero-order chi connectivity index (χ0) is 18.6. The van der Waals surface area contributed by atoms with Crippen LogP contribution in [0.15, 0.2) is 64.4 Å². The molecule has 1 heterocycles. The molecule has 0 bridgehead atoms. The highest BCUT2D eigenvalue weighted by Crippen LogP contribution is 2.31. The fourth-order valence-corrected chi connectivity index (χ4v) is 4.62. The lowest BCUT2D eigenvalue weighted by molar-refractivity contribution is 0.607. The van der Waals surface area contributed by atoms with Crippen molar-refractivity contribution in [1.29, 1.82) is 0 Å². The lowest BCUT2D eigenvalue weighted by Crippen LogP contribution is -2.16. The summed E-state index contributed by atoms with van der Waals surface area (Å²) < 4.78 is 28.3. The fourth-order valence-electron chi connectivity index (χ4n) is 2.33. The van der Waals surface area contributed by atoms with E-state index in [9.17, 15) is 8.42 Å². The van der Waals surface area contributed by atoms with E-state index in [4.69, 9.17) is 11.6 Å². The van der Waals surface area contributed by atoms with E-state index in [0.717, 1.165) is 11.1 Å². The predicted octanol–water partition coefficient (Wildman–Crippen LogP) is 4.43. The Hall–Kier alpha value is -1.88. The fraction of sp³-hybridized carbons (Fsp3) is 0.118. The maximum Gasteiger partial charge on any atom is 0.262 e. The first-order chi connectivity index (χ1) is 11.8. The summed E-state index contributed by atoms with van der Waals surface area (Å²) in [7, 11) is 0.298. The second-order valence-electron chi connectivity index (χ2n) is 5.15. The van der Waals surface area contributed by atoms with Crippen molar-refractivity contribution in [3.8, 4) is 0 Å². The summed E-state index contributed by atoms with van der Waals surface area (Å²) in [5, 5.41) is 4.49. The molecule has 0 radical (unpaired) electrons. The van der Waals surface area contributed by atoms with Gasteiger partial charge in [-0.2, -0.15) is 0 Å². The summed E-state index contributed by atoms with van der Waals surface area (Å²) in [4.78, 5) is 4.39. The smallest absolute Gasteiger partial charge is 0.262 e. The number of halogens is 1. The van der Waals surface area contributed by atoms with Crippen LogP contribution >= 0.6 is 20.8 Å². The van der Waals surface area contributed by atoms with Crippen LogP contribution in [0.5, 0.6) is 0 Å². The third kappa shape index (κ3) is 4.60. The Labute approximate surface area is 155 Å². The summed E-state index contributed by atoms with van der Waals surface area (Å²) >= 11 is 5.76. The summed E-state index contributed by atoms with van der Waals surface area (Å²) in [5.74, 6) is 0. The van der Waals surface area contributed by atoms with Gasteiger partial charge in [0.25, 0.3) is 10.0 Å². The highest BCUT2D eigenvalue weighted by molar-refractivity contribution is 7.97. The van der Waals surface area contributed by atoms with Crippen LogP contribution in [-0.2, 0) is 10.0 Å². The molecule has 1 aromatic carbocycles. The number of nitrogens with zero attached hydrogens (tertiary/aromatic N) is 1. The van der Waals surface area contributed by atoms with Gasteiger partial charge in [0.05, 0.1) is 16.1 Å². The molecule has 0 amide bonds. The topological polar surface area (TPSA) is 71.1 Å². The van der Waals surface area contributed by atoms with Crippen LogP contribution in [0, 0.1) is 0 Å².